The Morgan fingerprint density at radius 1 is 1.00 bits per heavy atom. The third-order valence-corrected chi connectivity index (χ3v) is 5.10. The number of rotatable bonds is 7. The lowest BCUT2D eigenvalue weighted by molar-refractivity contribution is -0.129. The summed E-state index contributed by atoms with van der Waals surface area (Å²) in [4.78, 5) is 26.5. The van der Waals surface area contributed by atoms with Crippen molar-refractivity contribution in [2.75, 3.05) is 6.54 Å². The molecule has 158 valence electrons. The largest absolute Gasteiger partial charge is 0.334 e. The summed E-state index contributed by atoms with van der Waals surface area (Å²) in [7, 11) is 0. The summed E-state index contributed by atoms with van der Waals surface area (Å²) in [5.41, 5.74) is 2.99. The van der Waals surface area contributed by atoms with Gasteiger partial charge in [0, 0.05) is 19.5 Å². The highest BCUT2D eigenvalue weighted by atomic mass is 16.2. The number of benzene rings is 3. The van der Waals surface area contributed by atoms with Crippen molar-refractivity contribution in [3.8, 4) is 6.19 Å². The number of urea groups is 1. The van der Waals surface area contributed by atoms with E-state index in [0.29, 0.717) is 13.0 Å². The van der Waals surface area contributed by atoms with E-state index in [1.54, 1.807) is 6.92 Å². The van der Waals surface area contributed by atoms with Gasteiger partial charge in [0.1, 0.15) is 6.04 Å². The van der Waals surface area contributed by atoms with Crippen molar-refractivity contribution in [3.63, 3.8) is 0 Å². The molecular formula is C25H26N4O2. The molecular weight excluding hydrogens is 388 g/mol. The van der Waals surface area contributed by atoms with Crippen molar-refractivity contribution >= 4 is 22.7 Å². The van der Waals surface area contributed by atoms with E-state index in [1.807, 2.05) is 79.8 Å². The summed E-state index contributed by atoms with van der Waals surface area (Å²) in [6.45, 7) is 4.31. The molecule has 1 atom stereocenters. The zero-order valence-corrected chi connectivity index (χ0v) is 17.8. The topological polar surface area (TPSA) is 85.2 Å². The van der Waals surface area contributed by atoms with Crippen LogP contribution < -0.4 is 10.6 Å². The predicted octanol–water partition coefficient (Wildman–Crippen LogP) is 3.89. The number of hydrogen-bond donors (Lipinski definition) is 2. The van der Waals surface area contributed by atoms with Gasteiger partial charge in [-0.3, -0.25) is 4.79 Å². The van der Waals surface area contributed by atoms with Crippen LogP contribution in [0.5, 0.6) is 0 Å². The standard InChI is InChI=1S/C25H26N4O2/c1-3-29(17-26)24(30)23(15-19-11-12-21-9-4-5-10-22(21)14-19)28-25(31)27-16-20-8-6-7-18(2)13-20/h4-14,23H,3,15-16H2,1-2H3,(H2,27,28,31). The minimum absolute atomic E-state index is 0.246. The zero-order valence-electron chi connectivity index (χ0n) is 17.8. The van der Waals surface area contributed by atoms with Gasteiger partial charge in [0.15, 0.2) is 6.19 Å². The number of hydrogen-bond acceptors (Lipinski definition) is 3. The molecule has 0 fully saturated rings. The van der Waals surface area contributed by atoms with Gasteiger partial charge in [-0.05, 0) is 35.7 Å². The van der Waals surface area contributed by atoms with Gasteiger partial charge in [-0.1, -0.05) is 72.3 Å². The van der Waals surface area contributed by atoms with Crippen molar-refractivity contribution in [1.82, 2.24) is 15.5 Å². The molecule has 0 aliphatic carbocycles. The summed E-state index contributed by atoms with van der Waals surface area (Å²) < 4.78 is 0. The van der Waals surface area contributed by atoms with Crippen LogP contribution in [-0.2, 0) is 17.8 Å². The maximum atomic E-state index is 12.9. The minimum Gasteiger partial charge on any atom is -0.334 e. The van der Waals surface area contributed by atoms with Crippen LogP contribution in [0.2, 0.25) is 0 Å². The number of aryl methyl sites for hydroxylation is 1. The molecule has 0 saturated heterocycles. The van der Waals surface area contributed by atoms with Crippen molar-refractivity contribution in [3.05, 3.63) is 83.4 Å². The first-order valence-electron chi connectivity index (χ1n) is 10.3. The van der Waals surface area contributed by atoms with Crippen LogP contribution in [-0.4, -0.2) is 29.4 Å². The minimum atomic E-state index is -0.849. The lowest BCUT2D eigenvalue weighted by Gasteiger charge is -2.22. The summed E-state index contributed by atoms with van der Waals surface area (Å²) in [5, 5.41) is 17.0. The molecule has 0 aliphatic rings. The van der Waals surface area contributed by atoms with Crippen molar-refractivity contribution < 1.29 is 9.59 Å². The average molecular weight is 415 g/mol. The SMILES string of the molecule is CCN(C#N)C(=O)C(Cc1ccc2ccccc2c1)NC(=O)NCc1cccc(C)c1. The molecule has 0 bridgehead atoms. The van der Waals surface area contributed by atoms with Crippen LogP contribution in [0.1, 0.15) is 23.6 Å². The average Bonchev–Trinajstić information content (AvgIpc) is 2.78. The van der Waals surface area contributed by atoms with Gasteiger partial charge in [-0.2, -0.15) is 5.26 Å². The molecule has 3 rings (SSSR count). The molecule has 6 heteroatoms. The monoisotopic (exact) mass is 414 g/mol. The van der Waals surface area contributed by atoms with E-state index >= 15 is 0 Å². The summed E-state index contributed by atoms with van der Waals surface area (Å²) in [5.74, 6) is -0.427. The smallest absolute Gasteiger partial charge is 0.315 e. The molecule has 0 spiro atoms. The number of fused-ring (bicyclic) bond motifs is 1. The summed E-state index contributed by atoms with van der Waals surface area (Å²) in [6, 6.07) is 20.4. The third kappa shape index (κ3) is 5.83. The van der Waals surface area contributed by atoms with Crippen LogP contribution >= 0.6 is 0 Å². The van der Waals surface area contributed by atoms with E-state index in [-0.39, 0.29) is 6.54 Å². The quantitative estimate of drug-likeness (QED) is 0.454. The van der Waals surface area contributed by atoms with Gasteiger partial charge in [0.25, 0.3) is 5.91 Å². The maximum Gasteiger partial charge on any atom is 0.315 e. The Bertz CT molecular complexity index is 1120. The summed E-state index contributed by atoms with van der Waals surface area (Å²) >= 11 is 0. The van der Waals surface area contributed by atoms with E-state index in [1.165, 1.54) is 0 Å². The molecule has 2 N–H and O–H groups in total. The highest BCUT2D eigenvalue weighted by Gasteiger charge is 2.25. The first-order chi connectivity index (χ1) is 15.0. The number of nitrogens with one attached hydrogen (secondary N) is 2. The second-order valence-electron chi connectivity index (χ2n) is 7.44. The Morgan fingerprint density at radius 3 is 2.48 bits per heavy atom. The molecule has 0 saturated carbocycles. The molecule has 6 nitrogen and oxygen atoms in total. The number of nitriles is 1. The van der Waals surface area contributed by atoms with Gasteiger partial charge in [-0.15, -0.1) is 0 Å². The Hall–Kier alpha value is -3.85. The Labute approximate surface area is 182 Å². The van der Waals surface area contributed by atoms with Crippen LogP contribution in [0, 0.1) is 18.4 Å². The van der Waals surface area contributed by atoms with Crippen LogP contribution in [0.3, 0.4) is 0 Å². The predicted molar refractivity (Wildman–Crippen MR) is 121 cm³/mol. The highest BCUT2D eigenvalue weighted by molar-refractivity contribution is 5.88. The van der Waals surface area contributed by atoms with Gasteiger partial charge >= 0.3 is 6.03 Å². The molecule has 31 heavy (non-hydrogen) atoms. The zero-order chi connectivity index (χ0) is 22.2. The first kappa shape index (κ1) is 21.8. The van der Waals surface area contributed by atoms with Crippen molar-refractivity contribution in [2.45, 2.75) is 32.9 Å². The molecule has 0 aliphatic heterocycles. The molecule has 0 radical (unpaired) electrons. The van der Waals surface area contributed by atoms with Crippen molar-refractivity contribution in [2.24, 2.45) is 0 Å². The molecule has 1 unspecified atom stereocenters. The first-order valence-corrected chi connectivity index (χ1v) is 10.3. The third-order valence-electron chi connectivity index (χ3n) is 5.10. The fraction of sp³-hybridized carbons (Fsp3) is 0.240. The maximum absolute atomic E-state index is 12.9. The van der Waals surface area contributed by atoms with Crippen molar-refractivity contribution in [1.29, 1.82) is 5.26 Å². The molecule has 3 aromatic rings. The number of nitrogens with zero attached hydrogens (tertiary/aromatic N) is 2. The number of amides is 3. The van der Waals surface area contributed by atoms with E-state index in [0.717, 1.165) is 32.4 Å². The molecule has 0 aromatic heterocycles. The van der Waals surface area contributed by atoms with E-state index in [9.17, 15) is 14.9 Å². The Morgan fingerprint density at radius 2 is 1.77 bits per heavy atom. The lowest BCUT2D eigenvalue weighted by atomic mass is 10.0. The van der Waals surface area contributed by atoms with Gasteiger partial charge in [0.05, 0.1) is 0 Å². The molecule has 3 amide bonds. The number of carbonyl (C=O) groups excluding carboxylic acids is 2. The van der Waals surface area contributed by atoms with Crippen LogP contribution in [0.4, 0.5) is 4.79 Å². The normalized spacial score (nSPS) is 11.4. The van der Waals surface area contributed by atoms with Gasteiger partial charge in [-0.25, -0.2) is 9.69 Å². The van der Waals surface area contributed by atoms with Crippen LogP contribution in [0.15, 0.2) is 66.7 Å². The van der Waals surface area contributed by atoms with Gasteiger partial charge in [0.2, 0.25) is 0 Å². The second-order valence-corrected chi connectivity index (χ2v) is 7.44. The fourth-order valence-corrected chi connectivity index (χ4v) is 3.48. The number of likely N-dealkylation sites (N-methyl/N-ethyl adjacent to an activating group) is 1. The van der Waals surface area contributed by atoms with Crippen LogP contribution in [0.25, 0.3) is 10.8 Å². The van der Waals surface area contributed by atoms with E-state index in [2.05, 4.69) is 10.6 Å². The Kier molecular flexibility index (Phi) is 7.23. The lowest BCUT2D eigenvalue weighted by Crippen LogP contribution is -2.51. The van der Waals surface area contributed by atoms with Gasteiger partial charge < -0.3 is 10.6 Å². The molecule has 0 heterocycles. The number of carbonyl (C=O) groups is 2. The molecule has 3 aromatic carbocycles. The summed E-state index contributed by atoms with van der Waals surface area (Å²) in [6.07, 6.45) is 2.19. The highest BCUT2D eigenvalue weighted by Crippen LogP contribution is 2.17. The van der Waals surface area contributed by atoms with E-state index in [4.69, 9.17) is 0 Å². The second kappa shape index (κ2) is 10.3. The van der Waals surface area contributed by atoms with E-state index < -0.39 is 18.0 Å². The fourth-order valence-electron chi connectivity index (χ4n) is 3.48. The Balaban J connectivity index is 1.74.